The lowest BCUT2D eigenvalue weighted by Gasteiger charge is -2.08. The van der Waals surface area contributed by atoms with Gasteiger partial charge in [0.25, 0.3) is 0 Å². The first-order chi connectivity index (χ1) is 13.9. The normalized spacial score (nSPS) is 11.3. The molecule has 1 heterocycles. The molecule has 1 amide bonds. The van der Waals surface area contributed by atoms with Gasteiger partial charge in [-0.15, -0.1) is 5.11 Å². The number of carbonyl (C=O) groups is 1. The van der Waals surface area contributed by atoms with Crippen molar-refractivity contribution in [2.45, 2.75) is 46.5 Å². The summed E-state index contributed by atoms with van der Waals surface area (Å²) in [5.41, 5.74) is 4.18. The van der Waals surface area contributed by atoms with Crippen LogP contribution in [0.3, 0.4) is 0 Å². The maximum Gasteiger partial charge on any atom is 0.227 e. The van der Waals surface area contributed by atoms with Crippen LogP contribution in [0.5, 0.6) is 0 Å². The van der Waals surface area contributed by atoms with Crippen LogP contribution >= 0.6 is 0 Å². The van der Waals surface area contributed by atoms with E-state index in [2.05, 4.69) is 25.7 Å². The van der Waals surface area contributed by atoms with Gasteiger partial charge < -0.3 is 9.84 Å². The second kappa shape index (κ2) is 9.23. The number of hydrogen-bond acceptors (Lipinski definition) is 6. The van der Waals surface area contributed by atoms with E-state index >= 15 is 0 Å². The molecule has 2 aromatic carbocycles. The van der Waals surface area contributed by atoms with Gasteiger partial charge in [-0.2, -0.15) is 10.1 Å². The van der Waals surface area contributed by atoms with E-state index in [1.807, 2.05) is 70.2 Å². The lowest BCUT2D eigenvalue weighted by atomic mass is 10.2. The maximum absolute atomic E-state index is 12.4. The molecule has 0 aliphatic heterocycles. The van der Waals surface area contributed by atoms with Gasteiger partial charge in [-0.25, -0.2) is 0 Å². The summed E-state index contributed by atoms with van der Waals surface area (Å²) in [5.74, 6) is 1.16. The highest BCUT2D eigenvalue weighted by Crippen LogP contribution is 2.28. The fourth-order valence-corrected chi connectivity index (χ4v) is 2.59. The average Bonchev–Trinajstić information content (AvgIpc) is 3.17. The molecule has 1 aromatic heterocycles. The van der Waals surface area contributed by atoms with Crippen molar-refractivity contribution in [3.63, 3.8) is 0 Å². The number of aromatic nitrogens is 2. The molecule has 1 N–H and O–H groups in total. The number of anilines is 1. The van der Waals surface area contributed by atoms with Gasteiger partial charge in [0.05, 0.1) is 11.4 Å². The lowest BCUT2D eigenvalue weighted by Crippen LogP contribution is -2.12. The number of nitrogens with zero attached hydrogens (tertiary/aromatic N) is 4. The number of nitrogens with one attached hydrogen (secondary N) is 1. The molecule has 0 aliphatic carbocycles. The molecule has 0 saturated heterocycles. The Morgan fingerprint density at radius 2 is 1.79 bits per heavy atom. The number of benzene rings is 2. The van der Waals surface area contributed by atoms with Crippen LogP contribution in [0.4, 0.5) is 17.1 Å². The first-order valence-corrected chi connectivity index (χ1v) is 9.62. The first kappa shape index (κ1) is 20.4. The number of rotatable bonds is 7. The molecular formula is C22H25N5O2. The van der Waals surface area contributed by atoms with Crippen LogP contribution in [-0.2, 0) is 11.2 Å². The SMILES string of the molecule is Cc1ccc(N=Nc2cc(C)ccc2NC(=O)CCc2nc(C(C)C)no2)cc1. The Balaban J connectivity index is 1.66. The van der Waals surface area contributed by atoms with Crippen LogP contribution in [0.15, 0.2) is 57.2 Å². The van der Waals surface area contributed by atoms with Gasteiger partial charge in [0, 0.05) is 18.8 Å². The highest BCUT2D eigenvalue weighted by Gasteiger charge is 2.12. The van der Waals surface area contributed by atoms with Gasteiger partial charge in [0.2, 0.25) is 11.8 Å². The molecule has 0 aliphatic rings. The average molecular weight is 391 g/mol. The van der Waals surface area contributed by atoms with Gasteiger partial charge in [-0.3, -0.25) is 4.79 Å². The van der Waals surface area contributed by atoms with E-state index in [0.717, 1.165) is 16.8 Å². The smallest absolute Gasteiger partial charge is 0.227 e. The Morgan fingerprint density at radius 3 is 2.48 bits per heavy atom. The fraction of sp³-hybridized carbons (Fsp3) is 0.318. The van der Waals surface area contributed by atoms with Crippen LogP contribution in [0.2, 0.25) is 0 Å². The van der Waals surface area contributed by atoms with Crippen molar-refractivity contribution in [3.8, 4) is 0 Å². The summed E-state index contributed by atoms with van der Waals surface area (Å²) in [6, 6.07) is 13.4. The largest absolute Gasteiger partial charge is 0.339 e. The maximum atomic E-state index is 12.4. The topological polar surface area (TPSA) is 92.7 Å². The number of azo groups is 1. The van der Waals surface area contributed by atoms with Crippen molar-refractivity contribution in [1.29, 1.82) is 0 Å². The van der Waals surface area contributed by atoms with E-state index in [-0.39, 0.29) is 18.2 Å². The molecule has 3 rings (SSSR count). The number of amides is 1. The molecule has 3 aromatic rings. The molecule has 7 nitrogen and oxygen atoms in total. The third-order valence-electron chi connectivity index (χ3n) is 4.30. The summed E-state index contributed by atoms with van der Waals surface area (Å²) in [4.78, 5) is 16.7. The Morgan fingerprint density at radius 1 is 1.07 bits per heavy atom. The Bertz CT molecular complexity index is 1010. The van der Waals surface area contributed by atoms with Crippen LogP contribution in [0.25, 0.3) is 0 Å². The first-order valence-electron chi connectivity index (χ1n) is 9.62. The van der Waals surface area contributed by atoms with Crippen LogP contribution in [-0.4, -0.2) is 16.0 Å². The number of carbonyl (C=O) groups excluding carboxylic acids is 1. The summed E-state index contributed by atoms with van der Waals surface area (Å²) < 4.78 is 5.19. The summed E-state index contributed by atoms with van der Waals surface area (Å²) in [6.45, 7) is 7.97. The van der Waals surface area contributed by atoms with E-state index in [1.54, 1.807) is 0 Å². The van der Waals surface area contributed by atoms with Crippen LogP contribution in [0.1, 0.15) is 49.0 Å². The second-order valence-electron chi connectivity index (χ2n) is 7.31. The summed E-state index contributed by atoms with van der Waals surface area (Å²) in [6.07, 6.45) is 0.625. The summed E-state index contributed by atoms with van der Waals surface area (Å²) in [5, 5.41) is 15.4. The Kier molecular flexibility index (Phi) is 6.49. The fourth-order valence-electron chi connectivity index (χ4n) is 2.59. The predicted molar refractivity (Wildman–Crippen MR) is 112 cm³/mol. The molecule has 0 spiro atoms. The van der Waals surface area contributed by atoms with Crippen molar-refractivity contribution in [2.75, 3.05) is 5.32 Å². The van der Waals surface area contributed by atoms with Gasteiger partial charge >= 0.3 is 0 Å². The molecule has 0 fully saturated rings. The van der Waals surface area contributed by atoms with Crippen LogP contribution in [0, 0.1) is 13.8 Å². The Hall–Kier alpha value is -3.35. The van der Waals surface area contributed by atoms with E-state index in [9.17, 15) is 4.79 Å². The predicted octanol–water partition coefficient (Wildman–Crippen LogP) is 5.80. The molecular weight excluding hydrogens is 366 g/mol. The number of hydrogen-bond donors (Lipinski definition) is 1. The lowest BCUT2D eigenvalue weighted by molar-refractivity contribution is -0.116. The standard InChI is InChI=1S/C22H25N5O2/c1-14(2)22-24-21(29-27-22)12-11-20(28)23-18-10-7-16(4)13-19(18)26-25-17-8-5-15(3)6-9-17/h5-10,13-14H,11-12H2,1-4H3,(H,23,28). The van der Waals surface area contributed by atoms with E-state index in [1.165, 1.54) is 0 Å². The quantitative estimate of drug-likeness (QED) is 0.515. The van der Waals surface area contributed by atoms with Gasteiger partial charge in [0.15, 0.2) is 5.82 Å². The van der Waals surface area contributed by atoms with Crippen molar-refractivity contribution in [1.82, 2.24) is 10.1 Å². The second-order valence-corrected chi connectivity index (χ2v) is 7.31. The van der Waals surface area contributed by atoms with Gasteiger partial charge in [-0.1, -0.05) is 42.8 Å². The molecule has 150 valence electrons. The minimum absolute atomic E-state index is 0.148. The zero-order valence-corrected chi connectivity index (χ0v) is 17.1. The third kappa shape index (κ3) is 5.81. The zero-order chi connectivity index (χ0) is 20.8. The van der Waals surface area contributed by atoms with Gasteiger partial charge in [0.1, 0.15) is 5.69 Å². The minimum atomic E-state index is -0.148. The molecule has 0 unspecified atom stereocenters. The van der Waals surface area contributed by atoms with Crippen molar-refractivity contribution in [3.05, 3.63) is 65.3 Å². The van der Waals surface area contributed by atoms with Crippen molar-refractivity contribution < 1.29 is 9.32 Å². The van der Waals surface area contributed by atoms with Crippen molar-refractivity contribution in [2.24, 2.45) is 10.2 Å². The molecule has 29 heavy (non-hydrogen) atoms. The van der Waals surface area contributed by atoms with E-state index in [4.69, 9.17) is 4.52 Å². The Labute approximate surface area is 170 Å². The third-order valence-corrected chi connectivity index (χ3v) is 4.30. The van der Waals surface area contributed by atoms with E-state index in [0.29, 0.717) is 29.5 Å². The molecule has 0 radical (unpaired) electrons. The zero-order valence-electron chi connectivity index (χ0n) is 17.1. The molecule has 0 atom stereocenters. The van der Waals surface area contributed by atoms with Gasteiger partial charge in [-0.05, 0) is 43.7 Å². The monoisotopic (exact) mass is 391 g/mol. The highest BCUT2D eigenvalue weighted by molar-refractivity contribution is 5.93. The summed E-state index contributed by atoms with van der Waals surface area (Å²) in [7, 11) is 0. The molecule has 0 saturated carbocycles. The van der Waals surface area contributed by atoms with E-state index < -0.39 is 0 Å². The summed E-state index contributed by atoms with van der Waals surface area (Å²) >= 11 is 0. The molecule has 7 heteroatoms. The van der Waals surface area contributed by atoms with Crippen molar-refractivity contribution >= 4 is 23.0 Å². The minimum Gasteiger partial charge on any atom is -0.339 e. The molecule has 0 bridgehead atoms. The highest BCUT2D eigenvalue weighted by atomic mass is 16.5. The number of aryl methyl sites for hydroxylation is 3. The van der Waals surface area contributed by atoms with Crippen LogP contribution < -0.4 is 5.32 Å².